The molecule has 0 aliphatic heterocycles. The fourth-order valence-electron chi connectivity index (χ4n) is 2.16. The van der Waals surface area contributed by atoms with Crippen molar-refractivity contribution in [3.63, 3.8) is 0 Å². The highest BCUT2D eigenvalue weighted by Crippen LogP contribution is 2.23. The maximum Gasteiger partial charge on any atom is 0.156 e. The predicted molar refractivity (Wildman–Crippen MR) is 77.4 cm³/mol. The monoisotopic (exact) mass is 273 g/mol. The van der Waals surface area contributed by atoms with E-state index in [9.17, 15) is 0 Å². The molecule has 0 aromatic carbocycles. The smallest absolute Gasteiger partial charge is 0.156 e. The summed E-state index contributed by atoms with van der Waals surface area (Å²) in [6, 6.07) is 4.16. The molecule has 5 nitrogen and oxygen atoms in total. The molecule has 0 saturated carbocycles. The summed E-state index contributed by atoms with van der Waals surface area (Å²) in [6.07, 6.45) is 0. The number of nitrogens with zero attached hydrogens (tertiary/aromatic N) is 4. The zero-order chi connectivity index (χ0) is 13.4. The topological polar surface area (TPSA) is 55.6 Å². The summed E-state index contributed by atoms with van der Waals surface area (Å²) in [6.45, 7) is 4.65. The van der Waals surface area contributed by atoms with Gasteiger partial charge in [0, 0.05) is 11.9 Å². The van der Waals surface area contributed by atoms with Crippen LogP contribution >= 0.6 is 11.3 Å². The van der Waals surface area contributed by atoms with Gasteiger partial charge in [0.1, 0.15) is 16.9 Å². The number of anilines is 1. The second-order valence-electron chi connectivity index (χ2n) is 4.46. The second-order valence-corrected chi connectivity index (χ2v) is 5.49. The molecule has 0 bridgehead atoms. The summed E-state index contributed by atoms with van der Waals surface area (Å²) in [4.78, 5) is 10.2. The quantitative estimate of drug-likeness (QED) is 0.797. The Morgan fingerprint density at radius 1 is 1.32 bits per heavy atom. The van der Waals surface area contributed by atoms with Gasteiger partial charge in [-0.25, -0.2) is 9.97 Å². The van der Waals surface area contributed by atoms with Gasteiger partial charge in [0.05, 0.1) is 12.2 Å². The van der Waals surface area contributed by atoms with E-state index in [0.717, 1.165) is 34.9 Å². The van der Waals surface area contributed by atoms with Crippen LogP contribution in [0.4, 0.5) is 5.82 Å². The van der Waals surface area contributed by atoms with Gasteiger partial charge in [0.25, 0.3) is 0 Å². The van der Waals surface area contributed by atoms with Gasteiger partial charge in [-0.05, 0) is 25.3 Å². The molecule has 3 aromatic rings. The minimum atomic E-state index is 0.761. The van der Waals surface area contributed by atoms with E-state index in [1.54, 1.807) is 11.3 Å². The summed E-state index contributed by atoms with van der Waals surface area (Å²) >= 11 is 1.73. The van der Waals surface area contributed by atoms with Gasteiger partial charge in [-0.3, -0.25) is 4.68 Å². The Kier molecular flexibility index (Phi) is 2.94. The Bertz CT molecular complexity index is 714. The van der Waals surface area contributed by atoms with E-state index >= 15 is 0 Å². The van der Waals surface area contributed by atoms with Gasteiger partial charge in [0.15, 0.2) is 5.82 Å². The van der Waals surface area contributed by atoms with Gasteiger partial charge in [-0.1, -0.05) is 6.07 Å². The Hall–Kier alpha value is -1.95. The Balaban J connectivity index is 2.02. The van der Waals surface area contributed by atoms with Crippen LogP contribution in [-0.2, 0) is 13.6 Å². The van der Waals surface area contributed by atoms with Crippen LogP contribution in [0, 0.1) is 13.8 Å². The molecular formula is C13H15N5S. The van der Waals surface area contributed by atoms with E-state index < -0.39 is 0 Å². The highest BCUT2D eigenvalue weighted by molar-refractivity contribution is 7.09. The molecule has 6 heteroatoms. The minimum absolute atomic E-state index is 0.761. The van der Waals surface area contributed by atoms with E-state index in [0.29, 0.717) is 0 Å². The van der Waals surface area contributed by atoms with Crippen LogP contribution < -0.4 is 5.32 Å². The maximum atomic E-state index is 4.50. The number of thiophene rings is 1. The Labute approximate surface area is 115 Å². The van der Waals surface area contributed by atoms with Crippen LogP contribution in [0.1, 0.15) is 16.4 Å². The summed E-state index contributed by atoms with van der Waals surface area (Å²) in [5, 5.41) is 9.87. The fraction of sp³-hybridized carbons (Fsp3) is 0.308. The number of aromatic nitrogens is 4. The first-order valence-corrected chi connectivity index (χ1v) is 6.97. The largest absolute Gasteiger partial charge is 0.363 e. The third-order valence-electron chi connectivity index (χ3n) is 2.97. The number of hydrogen-bond acceptors (Lipinski definition) is 5. The summed E-state index contributed by atoms with van der Waals surface area (Å²) in [5.41, 5.74) is 2.81. The number of hydrogen-bond donors (Lipinski definition) is 1. The molecule has 0 unspecified atom stereocenters. The van der Waals surface area contributed by atoms with E-state index in [-0.39, 0.29) is 0 Å². The number of aryl methyl sites for hydroxylation is 3. The van der Waals surface area contributed by atoms with Crippen LogP contribution in [0.15, 0.2) is 17.5 Å². The average molecular weight is 273 g/mol. The third-order valence-corrected chi connectivity index (χ3v) is 3.85. The second kappa shape index (κ2) is 4.62. The summed E-state index contributed by atoms with van der Waals surface area (Å²) in [7, 11) is 1.92. The van der Waals surface area contributed by atoms with E-state index in [2.05, 4.69) is 37.9 Å². The molecule has 0 saturated heterocycles. The highest BCUT2D eigenvalue weighted by Gasteiger charge is 2.13. The van der Waals surface area contributed by atoms with E-state index in [1.165, 1.54) is 4.88 Å². The zero-order valence-electron chi connectivity index (χ0n) is 11.1. The zero-order valence-corrected chi connectivity index (χ0v) is 12.0. The standard InChI is InChI=1S/C13H15N5S/c1-8-11-12(18(3)17-8)13(16-9(2)15-11)14-7-10-5-4-6-19-10/h4-6H,7H2,1-3H3,(H,14,15,16). The number of rotatable bonds is 3. The first kappa shape index (κ1) is 12.1. The normalized spacial score (nSPS) is 11.1. The van der Waals surface area contributed by atoms with Crippen molar-refractivity contribution in [2.75, 3.05) is 5.32 Å². The molecule has 3 aromatic heterocycles. The lowest BCUT2D eigenvalue weighted by atomic mass is 10.3. The molecule has 98 valence electrons. The van der Waals surface area contributed by atoms with Crippen molar-refractivity contribution in [3.8, 4) is 0 Å². The minimum Gasteiger partial charge on any atom is -0.363 e. The maximum absolute atomic E-state index is 4.50. The molecule has 3 rings (SSSR count). The van der Waals surface area contributed by atoms with Crippen molar-refractivity contribution >= 4 is 28.2 Å². The SMILES string of the molecule is Cc1nc(NCc2cccs2)c2c(n1)c(C)nn2C. The van der Waals surface area contributed by atoms with Crippen molar-refractivity contribution in [1.29, 1.82) is 0 Å². The summed E-state index contributed by atoms with van der Waals surface area (Å²) in [5.74, 6) is 1.61. The predicted octanol–water partition coefficient (Wildman–Crippen LogP) is 2.65. The summed E-state index contributed by atoms with van der Waals surface area (Å²) < 4.78 is 1.83. The molecule has 3 heterocycles. The molecule has 0 amide bonds. The van der Waals surface area contributed by atoms with E-state index in [4.69, 9.17) is 0 Å². The van der Waals surface area contributed by atoms with Crippen molar-refractivity contribution in [1.82, 2.24) is 19.7 Å². The van der Waals surface area contributed by atoms with Gasteiger partial charge >= 0.3 is 0 Å². The lowest BCUT2D eigenvalue weighted by molar-refractivity contribution is 0.782. The molecule has 19 heavy (non-hydrogen) atoms. The molecular weight excluding hydrogens is 258 g/mol. The highest BCUT2D eigenvalue weighted by atomic mass is 32.1. The van der Waals surface area contributed by atoms with Crippen LogP contribution in [0.5, 0.6) is 0 Å². The van der Waals surface area contributed by atoms with E-state index in [1.807, 2.05) is 25.6 Å². The van der Waals surface area contributed by atoms with Gasteiger partial charge < -0.3 is 5.32 Å². The fourth-order valence-corrected chi connectivity index (χ4v) is 2.80. The van der Waals surface area contributed by atoms with Crippen LogP contribution in [-0.4, -0.2) is 19.7 Å². The lowest BCUT2D eigenvalue weighted by Gasteiger charge is -2.07. The molecule has 0 fully saturated rings. The Morgan fingerprint density at radius 2 is 2.16 bits per heavy atom. The number of nitrogens with one attached hydrogen (secondary N) is 1. The molecule has 0 spiro atoms. The van der Waals surface area contributed by atoms with Crippen molar-refractivity contribution < 1.29 is 0 Å². The van der Waals surface area contributed by atoms with Crippen LogP contribution in [0.2, 0.25) is 0 Å². The molecule has 0 aliphatic carbocycles. The van der Waals surface area contributed by atoms with Crippen molar-refractivity contribution in [2.45, 2.75) is 20.4 Å². The molecule has 1 N–H and O–H groups in total. The molecule has 0 radical (unpaired) electrons. The van der Waals surface area contributed by atoms with Crippen LogP contribution in [0.3, 0.4) is 0 Å². The van der Waals surface area contributed by atoms with Crippen molar-refractivity contribution in [3.05, 3.63) is 33.9 Å². The van der Waals surface area contributed by atoms with Gasteiger partial charge in [0.2, 0.25) is 0 Å². The first-order chi connectivity index (χ1) is 9.15. The van der Waals surface area contributed by atoms with Crippen LogP contribution in [0.25, 0.3) is 11.0 Å². The number of fused-ring (bicyclic) bond motifs is 1. The Morgan fingerprint density at radius 3 is 2.89 bits per heavy atom. The first-order valence-electron chi connectivity index (χ1n) is 6.09. The van der Waals surface area contributed by atoms with Crippen molar-refractivity contribution in [2.24, 2.45) is 7.05 Å². The molecule has 0 aliphatic rings. The average Bonchev–Trinajstić information content (AvgIpc) is 2.96. The van der Waals surface area contributed by atoms with Gasteiger partial charge in [-0.2, -0.15) is 5.10 Å². The third kappa shape index (κ3) is 2.19. The lowest BCUT2D eigenvalue weighted by Crippen LogP contribution is -2.05. The van der Waals surface area contributed by atoms with Gasteiger partial charge in [-0.15, -0.1) is 11.3 Å². The molecule has 0 atom stereocenters.